The van der Waals surface area contributed by atoms with Crippen LogP contribution in [0.15, 0.2) is 89.7 Å². The number of esters is 1. The van der Waals surface area contributed by atoms with Crippen LogP contribution in [0.3, 0.4) is 0 Å². The fourth-order valence-corrected chi connectivity index (χ4v) is 3.46. The molecule has 0 aliphatic rings. The van der Waals surface area contributed by atoms with Crippen molar-refractivity contribution in [3.63, 3.8) is 0 Å². The van der Waals surface area contributed by atoms with Gasteiger partial charge in [-0.05, 0) is 36.4 Å². The molecule has 0 radical (unpaired) electrons. The highest BCUT2D eigenvalue weighted by Gasteiger charge is 2.24. The van der Waals surface area contributed by atoms with Crippen molar-refractivity contribution < 1.29 is 14.3 Å². The van der Waals surface area contributed by atoms with Gasteiger partial charge in [0, 0.05) is 0 Å². The van der Waals surface area contributed by atoms with E-state index in [0.29, 0.717) is 5.69 Å². The molecule has 0 saturated heterocycles. The smallest absolute Gasteiger partial charge is 0.346 e. The number of hydrogen-bond donors (Lipinski definition) is 0. The molecular weight excluding hydrogens is 439 g/mol. The lowest BCUT2D eigenvalue weighted by Gasteiger charge is -2.14. The molecule has 154 valence electrons. The molecule has 0 aliphatic carbocycles. The molecule has 0 saturated carbocycles. The summed E-state index contributed by atoms with van der Waals surface area (Å²) < 4.78 is 7.57. The van der Waals surface area contributed by atoms with Gasteiger partial charge < -0.3 is 4.74 Å². The maximum atomic E-state index is 13.2. The van der Waals surface area contributed by atoms with Crippen molar-refractivity contribution in [3.8, 4) is 11.6 Å². The molecule has 6 nitrogen and oxygen atoms in total. The lowest BCUT2D eigenvalue weighted by molar-refractivity contribution is 0.0716. The number of rotatable bonds is 4. The average Bonchev–Trinajstić information content (AvgIpc) is 3.10. The summed E-state index contributed by atoms with van der Waals surface area (Å²) in [5.41, 5.74) is 0.00892. The van der Waals surface area contributed by atoms with E-state index >= 15 is 0 Å². The SMILES string of the molecule is O=C(Oc1cc(=O)n(C(=O)c2ccccc2Cl)n1-c1ccccc1)c1ccccc1Cl. The summed E-state index contributed by atoms with van der Waals surface area (Å²) in [6.45, 7) is 0. The monoisotopic (exact) mass is 452 g/mol. The van der Waals surface area contributed by atoms with Gasteiger partial charge in [0.2, 0.25) is 5.88 Å². The van der Waals surface area contributed by atoms with Crippen molar-refractivity contribution in [3.05, 3.63) is 116 Å². The molecule has 1 heterocycles. The van der Waals surface area contributed by atoms with Crippen LogP contribution in [0.2, 0.25) is 10.0 Å². The summed E-state index contributed by atoms with van der Waals surface area (Å²) >= 11 is 12.2. The van der Waals surface area contributed by atoms with Crippen molar-refractivity contribution in [2.75, 3.05) is 0 Å². The number of hydrogen-bond acceptors (Lipinski definition) is 4. The first kappa shape index (κ1) is 20.7. The Kier molecular flexibility index (Phi) is 5.75. The van der Waals surface area contributed by atoms with E-state index < -0.39 is 17.4 Å². The summed E-state index contributed by atoms with van der Waals surface area (Å²) in [6, 6.07) is 22.4. The molecule has 0 N–H and O–H groups in total. The van der Waals surface area contributed by atoms with Gasteiger partial charge in [-0.3, -0.25) is 9.59 Å². The second kappa shape index (κ2) is 8.63. The fraction of sp³-hybridized carbons (Fsp3) is 0. The Morgan fingerprint density at radius 1 is 0.742 bits per heavy atom. The number of aromatic nitrogens is 2. The highest BCUT2D eigenvalue weighted by atomic mass is 35.5. The molecule has 4 rings (SSSR count). The Bertz CT molecular complexity index is 1340. The highest BCUT2D eigenvalue weighted by molar-refractivity contribution is 6.34. The van der Waals surface area contributed by atoms with Gasteiger partial charge in [-0.2, -0.15) is 4.68 Å². The molecule has 0 spiro atoms. The summed E-state index contributed by atoms with van der Waals surface area (Å²) in [6.07, 6.45) is 0. The van der Waals surface area contributed by atoms with Gasteiger partial charge in [0.25, 0.3) is 11.5 Å². The lowest BCUT2D eigenvalue weighted by Crippen LogP contribution is -2.30. The molecule has 0 amide bonds. The van der Waals surface area contributed by atoms with Gasteiger partial charge in [-0.15, -0.1) is 0 Å². The predicted octanol–water partition coefficient (Wildman–Crippen LogP) is 4.85. The minimum atomic E-state index is -0.766. The average molecular weight is 453 g/mol. The molecular formula is C23H14Cl2N2O4. The number of ether oxygens (including phenoxy) is 1. The van der Waals surface area contributed by atoms with Crippen molar-refractivity contribution in [2.24, 2.45) is 0 Å². The largest absolute Gasteiger partial charge is 0.404 e. The third-order valence-electron chi connectivity index (χ3n) is 4.45. The van der Waals surface area contributed by atoms with Crippen LogP contribution in [0.25, 0.3) is 5.69 Å². The second-order valence-corrected chi connectivity index (χ2v) is 7.25. The van der Waals surface area contributed by atoms with Crippen molar-refractivity contribution in [1.82, 2.24) is 9.36 Å². The number of para-hydroxylation sites is 1. The van der Waals surface area contributed by atoms with Crippen LogP contribution in [0.5, 0.6) is 5.88 Å². The normalized spacial score (nSPS) is 10.6. The van der Waals surface area contributed by atoms with Gasteiger partial charge in [-0.1, -0.05) is 65.7 Å². The van der Waals surface area contributed by atoms with Gasteiger partial charge in [0.05, 0.1) is 32.9 Å². The van der Waals surface area contributed by atoms with Gasteiger partial charge in [0.1, 0.15) is 0 Å². The molecule has 0 aliphatic heterocycles. The number of halogens is 2. The van der Waals surface area contributed by atoms with E-state index in [4.69, 9.17) is 27.9 Å². The Morgan fingerprint density at radius 2 is 1.29 bits per heavy atom. The molecule has 3 aromatic carbocycles. The maximum Gasteiger partial charge on any atom is 0.346 e. The van der Waals surface area contributed by atoms with Crippen molar-refractivity contribution in [2.45, 2.75) is 0 Å². The first-order chi connectivity index (χ1) is 15.0. The van der Waals surface area contributed by atoms with Gasteiger partial charge in [0.15, 0.2) is 0 Å². The van der Waals surface area contributed by atoms with E-state index in [1.165, 1.54) is 16.8 Å². The summed E-state index contributed by atoms with van der Waals surface area (Å²) in [7, 11) is 0. The molecule has 1 aromatic heterocycles. The number of nitrogens with zero attached hydrogens (tertiary/aromatic N) is 2. The summed E-state index contributed by atoms with van der Waals surface area (Å²) in [5.74, 6) is -1.57. The van der Waals surface area contributed by atoms with Crippen molar-refractivity contribution in [1.29, 1.82) is 0 Å². The summed E-state index contributed by atoms with van der Waals surface area (Å²) in [5, 5.41) is 0.391. The van der Waals surface area contributed by atoms with Crippen LogP contribution in [-0.2, 0) is 0 Å². The van der Waals surface area contributed by atoms with Crippen LogP contribution in [0, 0.1) is 0 Å². The van der Waals surface area contributed by atoms with Gasteiger partial charge in [-0.25, -0.2) is 9.48 Å². The predicted molar refractivity (Wildman–Crippen MR) is 118 cm³/mol. The zero-order valence-electron chi connectivity index (χ0n) is 15.9. The first-order valence-corrected chi connectivity index (χ1v) is 9.89. The van der Waals surface area contributed by atoms with Crippen LogP contribution in [-0.4, -0.2) is 21.2 Å². The molecule has 31 heavy (non-hydrogen) atoms. The van der Waals surface area contributed by atoms with Crippen LogP contribution >= 0.6 is 23.2 Å². The first-order valence-electron chi connectivity index (χ1n) is 9.14. The quantitative estimate of drug-likeness (QED) is 0.414. The summed E-state index contributed by atoms with van der Waals surface area (Å²) in [4.78, 5) is 38.7. The van der Waals surface area contributed by atoms with Crippen molar-refractivity contribution >= 4 is 35.1 Å². The lowest BCUT2D eigenvalue weighted by atomic mass is 10.2. The Labute approximate surface area is 186 Å². The fourth-order valence-electron chi connectivity index (χ4n) is 3.03. The van der Waals surface area contributed by atoms with Crippen LogP contribution in [0.1, 0.15) is 20.7 Å². The highest BCUT2D eigenvalue weighted by Crippen LogP contribution is 2.23. The number of benzene rings is 3. The van der Waals surface area contributed by atoms with Gasteiger partial charge >= 0.3 is 5.97 Å². The van der Waals surface area contributed by atoms with E-state index in [0.717, 1.165) is 10.7 Å². The molecule has 0 bridgehead atoms. The van der Waals surface area contributed by atoms with Crippen LogP contribution in [0.4, 0.5) is 0 Å². The molecule has 8 heteroatoms. The van der Waals surface area contributed by atoms with E-state index in [9.17, 15) is 14.4 Å². The molecule has 0 unspecified atom stereocenters. The second-order valence-electron chi connectivity index (χ2n) is 6.43. The maximum absolute atomic E-state index is 13.2. The Morgan fingerprint density at radius 3 is 1.90 bits per heavy atom. The van der Waals surface area contributed by atoms with E-state index in [1.54, 1.807) is 66.7 Å². The number of carbonyl (C=O) groups is 2. The van der Waals surface area contributed by atoms with E-state index in [1.807, 2.05) is 0 Å². The minimum Gasteiger partial charge on any atom is -0.404 e. The molecule has 0 atom stereocenters. The Balaban J connectivity index is 1.86. The third kappa shape index (κ3) is 4.03. The van der Waals surface area contributed by atoms with E-state index in [-0.39, 0.29) is 27.1 Å². The van der Waals surface area contributed by atoms with E-state index in [2.05, 4.69) is 0 Å². The zero-order valence-corrected chi connectivity index (χ0v) is 17.4. The zero-order chi connectivity index (χ0) is 22.0. The minimum absolute atomic E-state index is 0.126. The Hall–Kier alpha value is -3.61. The standard InChI is InChI=1S/C23H14Cl2N2O4/c24-18-12-6-4-10-16(18)22(29)27-20(28)14-21(26(27)15-8-2-1-3-9-15)31-23(30)17-11-5-7-13-19(17)25/h1-14H. The topological polar surface area (TPSA) is 70.3 Å². The molecule has 0 fully saturated rings. The number of carbonyl (C=O) groups excluding carboxylic acids is 2. The molecule has 4 aromatic rings. The third-order valence-corrected chi connectivity index (χ3v) is 5.11. The van der Waals surface area contributed by atoms with Crippen LogP contribution < -0.4 is 10.3 Å².